The van der Waals surface area contributed by atoms with Gasteiger partial charge in [0.25, 0.3) is 0 Å². The molecule has 3 rings (SSSR count). The number of thiophene rings is 1. The highest BCUT2D eigenvalue weighted by Crippen LogP contribution is 2.26. The maximum absolute atomic E-state index is 5.97. The highest BCUT2D eigenvalue weighted by Gasteiger charge is 2.15. The summed E-state index contributed by atoms with van der Waals surface area (Å²) in [7, 11) is 0. The average molecular weight is 280 g/mol. The third kappa shape index (κ3) is 2.69. The normalized spacial score (nSPS) is 15.8. The molecule has 94 valence electrons. The first kappa shape index (κ1) is 12.0. The third-order valence-electron chi connectivity index (χ3n) is 3.04. The van der Waals surface area contributed by atoms with Gasteiger partial charge in [-0.2, -0.15) is 0 Å². The summed E-state index contributed by atoms with van der Waals surface area (Å²) in [4.78, 5) is 3.70. The predicted octanol–water partition coefficient (Wildman–Crippen LogP) is 3.80. The standard InChI is InChI=1S/C14H14ClNOS/c15-14-6-5-12(18-14)10-16-7-8-17-13-4-2-1-3-11(13)9-16/h1-6H,7-10H2. The highest BCUT2D eigenvalue weighted by molar-refractivity contribution is 7.16. The van der Waals surface area contributed by atoms with Crippen molar-refractivity contribution in [3.63, 3.8) is 0 Å². The van der Waals surface area contributed by atoms with Gasteiger partial charge in [0.05, 0.1) is 4.34 Å². The zero-order chi connectivity index (χ0) is 12.4. The minimum atomic E-state index is 0.746. The number of ether oxygens (including phenoxy) is 1. The van der Waals surface area contributed by atoms with Crippen molar-refractivity contribution in [2.24, 2.45) is 0 Å². The van der Waals surface area contributed by atoms with E-state index in [9.17, 15) is 0 Å². The molecule has 2 heterocycles. The van der Waals surface area contributed by atoms with E-state index in [1.165, 1.54) is 10.4 Å². The molecule has 0 fully saturated rings. The molecule has 1 aromatic carbocycles. The lowest BCUT2D eigenvalue weighted by molar-refractivity contribution is 0.221. The Kier molecular flexibility index (Phi) is 3.55. The fourth-order valence-electron chi connectivity index (χ4n) is 2.17. The molecule has 0 bridgehead atoms. The van der Waals surface area contributed by atoms with Crippen LogP contribution in [0.2, 0.25) is 4.34 Å². The van der Waals surface area contributed by atoms with E-state index >= 15 is 0 Å². The van der Waals surface area contributed by atoms with Crippen LogP contribution in [0.25, 0.3) is 0 Å². The second-order valence-electron chi connectivity index (χ2n) is 4.37. The zero-order valence-electron chi connectivity index (χ0n) is 9.93. The second-order valence-corrected chi connectivity index (χ2v) is 6.17. The molecule has 0 amide bonds. The van der Waals surface area contributed by atoms with Crippen LogP contribution in [0, 0.1) is 0 Å². The maximum atomic E-state index is 5.97. The Bertz CT molecular complexity index is 540. The van der Waals surface area contributed by atoms with Crippen LogP contribution < -0.4 is 4.74 Å². The van der Waals surface area contributed by atoms with Gasteiger partial charge in [-0.25, -0.2) is 0 Å². The predicted molar refractivity (Wildman–Crippen MR) is 75.4 cm³/mol. The van der Waals surface area contributed by atoms with E-state index in [0.29, 0.717) is 0 Å². The topological polar surface area (TPSA) is 12.5 Å². The monoisotopic (exact) mass is 279 g/mol. The third-order valence-corrected chi connectivity index (χ3v) is 4.26. The molecule has 1 aromatic heterocycles. The Labute approximate surface area is 116 Å². The SMILES string of the molecule is Clc1ccc(CN2CCOc3ccccc3C2)s1. The van der Waals surface area contributed by atoms with Crippen molar-refractivity contribution in [3.05, 3.63) is 51.2 Å². The largest absolute Gasteiger partial charge is 0.492 e. The molecule has 2 aromatic rings. The van der Waals surface area contributed by atoms with Crippen molar-refractivity contribution in [1.29, 1.82) is 0 Å². The molecule has 2 nitrogen and oxygen atoms in total. The Morgan fingerprint density at radius 1 is 1.22 bits per heavy atom. The summed E-state index contributed by atoms with van der Waals surface area (Å²) in [6.07, 6.45) is 0. The Morgan fingerprint density at radius 3 is 2.94 bits per heavy atom. The first-order valence-corrected chi connectivity index (χ1v) is 7.18. The molecule has 4 heteroatoms. The molecule has 1 aliphatic heterocycles. The Hall–Kier alpha value is -1.03. The first-order chi connectivity index (χ1) is 8.81. The molecule has 0 aliphatic carbocycles. The number of halogens is 1. The van der Waals surface area contributed by atoms with Gasteiger partial charge < -0.3 is 4.74 Å². The Balaban J connectivity index is 1.75. The summed E-state index contributed by atoms with van der Waals surface area (Å²) in [5.41, 5.74) is 1.26. The Morgan fingerprint density at radius 2 is 2.11 bits per heavy atom. The maximum Gasteiger partial charge on any atom is 0.123 e. The van der Waals surface area contributed by atoms with Crippen LogP contribution >= 0.6 is 22.9 Å². The fourth-order valence-corrected chi connectivity index (χ4v) is 3.30. The van der Waals surface area contributed by atoms with E-state index < -0.39 is 0 Å². The minimum absolute atomic E-state index is 0.746. The summed E-state index contributed by atoms with van der Waals surface area (Å²) < 4.78 is 6.62. The van der Waals surface area contributed by atoms with E-state index in [4.69, 9.17) is 16.3 Å². The van der Waals surface area contributed by atoms with Gasteiger partial charge in [-0.15, -0.1) is 11.3 Å². The van der Waals surface area contributed by atoms with Crippen molar-refractivity contribution in [3.8, 4) is 5.75 Å². The number of nitrogens with zero attached hydrogens (tertiary/aromatic N) is 1. The average Bonchev–Trinajstić information content (AvgIpc) is 2.66. The second kappa shape index (κ2) is 5.31. The molecule has 0 unspecified atom stereocenters. The highest BCUT2D eigenvalue weighted by atomic mass is 35.5. The summed E-state index contributed by atoms with van der Waals surface area (Å²) >= 11 is 7.62. The lowest BCUT2D eigenvalue weighted by Crippen LogP contribution is -2.24. The number of benzene rings is 1. The first-order valence-electron chi connectivity index (χ1n) is 5.98. The van der Waals surface area contributed by atoms with Gasteiger partial charge in [0.15, 0.2) is 0 Å². The van der Waals surface area contributed by atoms with Gasteiger partial charge in [-0.3, -0.25) is 4.90 Å². The van der Waals surface area contributed by atoms with Crippen LogP contribution in [0.5, 0.6) is 5.75 Å². The number of hydrogen-bond acceptors (Lipinski definition) is 3. The van der Waals surface area contributed by atoms with Crippen molar-refractivity contribution in [2.75, 3.05) is 13.2 Å². The van der Waals surface area contributed by atoms with Crippen molar-refractivity contribution in [1.82, 2.24) is 4.90 Å². The number of fused-ring (bicyclic) bond motifs is 1. The molecule has 0 saturated heterocycles. The smallest absolute Gasteiger partial charge is 0.123 e. The molecule has 0 atom stereocenters. The van der Waals surface area contributed by atoms with E-state index in [2.05, 4.69) is 23.1 Å². The molecule has 18 heavy (non-hydrogen) atoms. The van der Waals surface area contributed by atoms with Gasteiger partial charge in [-0.05, 0) is 18.2 Å². The van der Waals surface area contributed by atoms with Crippen LogP contribution in [0.1, 0.15) is 10.4 Å². The van der Waals surface area contributed by atoms with E-state index in [0.717, 1.165) is 36.3 Å². The van der Waals surface area contributed by atoms with Crippen molar-refractivity contribution < 1.29 is 4.74 Å². The molecular formula is C14H14ClNOS. The fraction of sp³-hybridized carbons (Fsp3) is 0.286. The van der Waals surface area contributed by atoms with Crippen LogP contribution in [0.15, 0.2) is 36.4 Å². The molecule has 0 radical (unpaired) electrons. The number of hydrogen-bond donors (Lipinski definition) is 0. The van der Waals surface area contributed by atoms with Crippen molar-refractivity contribution in [2.45, 2.75) is 13.1 Å². The molecule has 1 aliphatic rings. The van der Waals surface area contributed by atoms with Crippen LogP contribution in [0.3, 0.4) is 0 Å². The number of para-hydroxylation sites is 1. The summed E-state index contributed by atoms with van der Waals surface area (Å²) in [6, 6.07) is 12.3. The summed E-state index contributed by atoms with van der Waals surface area (Å²) in [5, 5.41) is 0. The minimum Gasteiger partial charge on any atom is -0.492 e. The van der Waals surface area contributed by atoms with Gasteiger partial charge in [0.1, 0.15) is 12.4 Å². The van der Waals surface area contributed by atoms with Gasteiger partial charge in [0.2, 0.25) is 0 Å². The van der Waals surface area contributed by atoms with Gasteiger partial charge in [-0.1, -0.05) is 29.8 Å². The molecule has 0 saturated carbocycles. The lowest BCUT2D eigenvalue weighted by Gasteiger charge is -2.18. The molecule has 0 N–H and O–H groups in total. The van der Waals surface area contributed by atoms with Gasteiger partial charge >= 0.3 is 0 Å². The van der Waals surface area contributed by atoms with Crippen LogP contribution in [0.4, 0.5) is 0 Å². The van der Waals surface area contributed by atoms with E-state index in [1.54, 1.807) is 11.3 Å². The quantitative estimate of drug-likeness (QED) is 0.829. The van der Waals surface area contributed by atoms with Crippen LogP contribution in [-0.2, 0) is 13.1 Å². The van der Waals surface area contributed by atoms with Crippen LogP contribution in [-0.4, -0.2) is 18.1 Å². The molecule has 0 spiro atoms. The lowest BCUT2D eigenvalue weighted by atomic mass is 10.2. The zero-order valence-corrected chi connectivity index (χ0v) is 11.5. The summed E-state index contributed by atoms with van der Waals surface area (Å²) in [5.74, 6) is 1.02. The number of rotatable bonds is 2. The van der Waals surface area contributed by atoms with Gasteiger partial charge in [0, 0.05) is 30.1 Å². The van der Waals surface area contributed by atoms with Crippen molar-refractivity contribution >= 4 is 22.9 Å². The van der Waals surface area contributed by atoms with E-state index in [-0.39, 0.29) is 0 Å². The molecular weight excluding hydrogens is 266 g/mol. The summed E-state index contributed by atoms with van der Waals surface area (Å²) in [6.45, 7) is 3.57. The van der Waals surface area contributed by atoms with E-state index in [1.807, 2.05) is 18.2 Å².